The highest BCUT2D eigenvalue weighted by Crippen LogP contribution is 2.17. The SMILES string of the molecule is C[C@H](NC(=O)CN1CCCC[C@H]1C(N)=O)c1ccccc1. The monoisotopic (exact) mass is 289 g/mol. The van der Waals surface area contributed by atoms with Crippen molar-refractivity contribution in [2.45, 2.75) is 38.3 Å². The van der Waals surface area contributed by atoms with E-state index >= 15 is 0 Å². The van der Waals surface area contributed by atoms with Crippen LogP contribution in [0.4, 0.5) is 0 Å². The van der Waals surface area contributed by atoms with Gasteiger partial charge in [-0.1, -0.05) is 36.8 Å². The minimum absolute atomic E-state index is 0.0458. The van der Waals surface area contributed by atoms with Crippen molar-refractivity contribution in [3.8, 4) is 0 Å². The van der Waals surface area contributed by atoms with E-state index in [1.807, 2.05) is 42.2 Å². The molecule has 0 saturated carbocycles. The maximum absolute atomic E-state index is 12.2. The van der Waals surface area contributed by atoms with Gasteiger partial charge >= 0.3 is 0 Å². The highest BCUT2D eigenvalue weighted by Gasteiger charge is 2.28. The van der Waals surface area contributed by atoms with Crippen molar-refractivity contribution in [2.24, 2.45) is 5.73 Å². The lowest BCUT2D eigenvalue weighted by Crippen LogP contribution is -2.51. The van der Waals surface area contributed by atoms with Crippen LogP contribution in [0.25, 0.3) is 0 Å². The highest BCUT2D eigenvalue weighted by atomic mass is 16.2. The Morgan fingerprint density at radius 1 is 1.33 bits per heavy atom. The Morgan fingerprint density at radius 2 is 2.05 bits per heavy atom. The first-order valence-corrected chi connectivity index (χ1v) is 7.45. The van der Waals surface area contributed by atoms with Crippen molar-refractivity contribution in [1.82, 2.24) is 10.2 Å². The smallest absolute Gasteiger partial charge is 0.234 e. The first-order valence-electron chi connectivity index (χ1n) is 7.45. The van der Waals surface area contributed by atoms with Gasteiger partial charge in [0.1, 0.15) is 0 Å². The average Bonchev–Trinajstić information content (AvgIpc) is 2.48. The number of hydrogen-bond donors (Lipinski definition) is 2. The van der Waals surface area contributed by atoms with Gasteiger partial charge < -0.3 is 11.1 Å². The number of nitrogens with two attached hydrogens (primary N) is 1. The first-order chi connectivity index (χ1) is 10.1. The molecule has 3 N–H and O–H groups in total. The molecule has 0 unspecified atom stereocenters. The fourth-order valence-corrected chi connectivity index (χ4v) is 2.80. The maximum atomic E-state index is 12.2. The molecule has 1 saturated heterocycles. The van der Waals surface area contributed by atoms with Gasteiger partial charge in [-0.15, -0.1) is 0 Å². The Morgan fingerprint density at radius 3 is 2.71 bits per heavy atom. The standard InChI is InChI=1S/C16H23N3O2/c1-12(13-7-3-2-4-8-13)18-15(20)11-19-10-6-5-9-14(19)16(17)21/h2-4,7-8,12,14H,5-6,9-11H2,1H3,(H2,17,21)(H,18,20)/t12-,14-/m0/s1. The van der Waals surface area contributed by atoms with Crippen molar-refractivity contribution in [2.75, 3.05) is 13.1 Å². The summed E-state index contributed by atoms with van der Waals surface area (Å²) in [6, 6.07) is 9.46. The predicted octanol–water partition coefficient (Wildman–Crippen LogP) is 1.20. The molecule has 0 radical (unpaired) electrons. The molecule has 2 amide bonds. The molecule has 0 spiro atoms. The van der Waals surface area contributed by atoms with Gasteiger partial charge in [0.05, 0.1) is 18.6 Å². The Kier molecular flexibility index (Phi) is 5.33. The third-order valence-electron chi connectivity index (χ3n) is 3.97. The van der Waals surface area contributed by atoms with Crippen LogP contribution in [-0.4, -0.2) is 35.8 Å². The molecule has 5 nitrogen and oxygen atoms in total. The van der Waals surface area contributed by atoms with Gasteiger partial charge in [-0.3, -0.25) is 14.5 Å². The lowest BCUT2D eigenvalue weighted by atomic mass is 10.0. The Hall–Kier alpha value is -1.88. The summed E-state index contributed by atoms with van der Waals surface area (Å²) < 4.78 is 0. The summed E-state index contributed by atoms with van der Waals surface area (Å²) in [4.78, 5) is 25.5. The summed E-state index contributed by atoms with van der Waals surface area (Å²) >= 11 is 0. The van der Waals surface area contributed by atoms with Crippen molar-refractivity contribution in [3.63, 3.8) is 0 Å². The molecule has 0 aliphatic carbocycles. The van der Waals surface area contributed by atoms with E-state index in [4.69, 9.17) is 5.73 Å². The van der Waals surface area contributed by atoms with Crippen LogP contribution in [0.1, 0.15) is 37.8 Å². The molecule has 2 atom stereocenters. The number of carbonyl (C=O) groups excluding carboxylic acids is 2. The van der Waals surface area contributed by atoms with Crippen molar-refractivity contribution < 1.29 is 9.59 Å². The highest BCUT2D eigenvalue weighted by molar-refractivity contribution is 5.82. The molecule has 21 heavy (non-hydrogen) atoms. The fourth-order valence-electron chi connectivity index (χ4n) is 2.80. The maximum Gasteiger partial charge on any atom is 0.234 e. The van der Waals surface area contributed by atoms with Crippen LogP contribution in [-0.2, 0) is 9.59 Å². The largest absolute Gasteiger partial charge is 0.368 e. The van der Waals surface area contributed by atoms with Crippen LogP contribution in [0.3, 0.4) is 0 Å². The summed E-state index contributed by atoms with van der Waals surface area (Å²) in [6.45, 7) is 2.93. The van der Waals surface area contributed by atoms with E-state index in [9.17, 15) is 9.59 Å². The summed E-state index contributed by atoms with van der Waals surface area (Å²) in [6.07, 6.45) is 2.74. The Bertz CT molecular complexity index is 490. The summed E-state index contributed by atoms with van der Waals surface area (Å²) in [7, 11) is 0. The van der Waals surface area contributed by atoms with Gasteiger partial charge in [0.15, 0.2) is 0 Å². The quantitative estimate of drug-likeness (QED) is 0.855. The zero-order valence-electron chi connectivity index (χ0n) is 12.4. The van der Waals surface area contributed by atoms with Crippen molar-refractivity contribution >= 4 is 11.8 Å². The molecule has 1 heterocycles. The van der Waals surface area contributed by atoms with Gasteiger partial charge in [0.25, 0.3) is 0 Å². The van der Waals surface area contributed by atoms with E-state index in [0.29, 0.717) is 0 Å². The molecule has 0 aromatic heterocycles. The average molecular weight is 289 g/mol. The second kappa shape index (κ2) is 7.22. The Labute approximate surface area is 125 Å². The van der Waals surface area contributed by atoms with Gasteiger partial charge in [0.2, 0.25) is 11.8 Å². The topological polar surface area (TPSA) is 75.4 Å². The molecule has 1 aliphatic heterocycles. The van der Waals surface area contributed by atoms with E-state index < -0.39 is 0 Å². The molecular weight excluding hydrogens is 266 g/mol. The van der Waals surface area contributed by atoms with Gasteiger partial charge in [-0.05, 0) is 31.9 Å². The molecule has 0 bridgehead atoms. The predicted molar refractivity (Wildman–Crippen MR) is 81.4 cm³/mol. The minimum Gasteiger partial charge on any atom is -0.368 e. The Balaban J connectivity index is 1.90. The normalized spacial score (nSPS) is 20.7. The molecular formula is C16H23N3O2. The van der Waals surface area contributed by atoms with Crippen LogP contribution < -0.4 is 11.1 Å². The number of hydrogen-bond acceptors (Lipinski definition) is 3. The van der Waals surface area contributed by atoms with Crippen molar-refractivity contribution in [3.05, 3.63) is 35.9 Å². The molecule has 1 fully saturated rings. The molecule has 1 aliphatic rings. The summed E-state index contributed by atoms with van der Waals surface area (Å²) in [5.74, 6) is -0.405. The third kappa shape index (κ3) is 4.29. The molecule has 1 aromatic carbocycles. The summed E-state index contributed by atoms with van der Waals surface area (Å²) in [5.41, 5.74) is 6.48. The molecule has 1 aromatic rings. The number of nitrogens with one attached hydrogen (secondary N) is 1. The minimum atomic E-state index is -0.335. The zero-order chi connectivity index (χ0) is 15.2. The lowest BCUT2D eigenvalue weighted by Gasteiger charge is -2.33. The van der Waals surface area contributed by atoms with E-state index in [-0.39, 0.29) is 30.4 Å². The van der Waals surface area contributed by atoms with Gasteiger partial charge in [-0.25, -0.2) is 0 Å². The van der Waals surface area contributed by atoms with Crippen molar-refractivity contribution in [1.29, 1.82) is 0 Å². The fraction of sp³-hybridized carbons (Fsp3) is 0.500. The van der Waals surface area contributed by atoms with Crippen LogP contribution in [0.15, 0.2) is 30.3 Å². The zero-order valence-corrected chi connectivity index (χ0v) is 12.4. The third-order valence-corrected chi connectivity index (χ3v) is 3.97. The molecule has 2 rings (SSSR count). The number of primary amides is 1. The number of rotatable bonds is 5. The number of piperidine rings is 1. The van der Waals surface area contributed by atoms with Gasteiger partial charge in [-0.2, -0.15) is 0 Å². The number of nitrogens with zero attached hydrogens (tertiary/aromatic N) is 1. The van der Waals surface area contributed by atoms with E-state index in [0.717, 1.165) is 31.4 Å². The number of carbonyl (C=O) groups is 2. The van der Waals surface area contributed by atoms with Crippen LogP contribution in [0, 0.1) is 0 Å². The molecule has 114 valence electrons. The van der Waals surface area contributed by atoms with E-state index in [1.54, 1.807) is 0 Å². The van der Waals surface area contributed by atoms with E-state index in [2.05, 4.69) is 5.32 Å². The number of benzene rings is 1. The second-order valence-electron chi connectivity index (χ2n) is 5.58. The lowest BCUT2D eigenvalue weighted by molar-refractivity contribution is -0.128. The first kappa shape index (κ1) is 15.5. The van der Waals surface area contributed by atoms with Crippen LogP contribution >= 0.6 is 0 Å². The van der Waals surface area contributed by atoms with Crippen LogP contribution in [0.5, 0.6) is 0 Å². The van der Waals surface area contributed by atoms with Gasteiger partial charge in [0, 0.05) is 0 Å². The number of likely N-dealkylation sites (tertiary alicyclic amines) is 1. The van der Waals surface area contributed by atoms with E-state index in [1.165, 1.54) is 0 Å². The van der Waals surface area contributed by atoms with Crippen LogP contribution in [0.2, 0.25) is 0 Å². The molecule has 5 heteroatoms. The number of amides is 2. The second-order valence-corrected chi connectivity index (χ2v) is 5.58. The summed E-state index contributed by atoms with van der Waals surface area (Å²) in [5, 5.41) is 2.97.